The van der Waals surface area contributed by atoms with Crippen LogP contribution in [0, 0.1) is 5.82 Å². The molecule has 9 nitrogen and oxygen atoms in total. The summed E-state index contributed by atoms with van der Waals surface area (Å²) in [5.41, 5.74) is 1.03. The van der Waals surface area contributed by atoms with Crippen molar-refractivity contribution in [1.82, 2.24) is 20.3 Å². The second-order valence-corrected chi connectivity index (χ2v) is 12.4. The van der Waals surface area contributed by atoms with Crippen molar-refractivity contribution in [2.24, 2.45) is 0 Å². The SMILES string of the molecule is COC(=O)N[C@@H](C)CNc1nccc(-c2sc(C(C)(C)C)nc2-c2cccc(/C=C\S(C)(=O)=O)c2F)n1. The van der Waals surface area contributed by atoms with Crippen molar-refractivity contribution >= 4 is 39.3 Å². The molecule has 2 N–H and O–H groups in total. The highest BCUT2D eigenvalue weighted by atomic mass is 32.2. The molecule has 0 bridgehead atoms. The molecule has 0 radical (unpaired) electrons. The van der Waals surface area contributed by atoms with E-state index in [2.05, 4.69) is 25.3 Å². The van der Waals surface area contributed by atoms with Crippen molar-refractivity contribution in [3.8, 4) is 21.8 Å². The molecule has 0 saturated carbocycles. The summed E-state index contributed by atoms with van der Waals surface area (Å²) >= 11 is 1.41. The van der Waals surface area contributed by atoms with Crippen molar-refractivity contribution in [2.45, 2.75) is 39.2 Å². The normalized spacial score (nSPS) is 12.9. The smallest absolute Gasteiger partial charge is 0.407 e. The van der Waals surface area contributed by atoms with E-state index in [4.69, 9.17) is 4.98 Å². The summed E-state index contributed by atoms with van der Waals surface area (Å²) in [6, 6.07) is 6.24. The molecule has 1 aromatic carbocycles. The number of carbonyl (C=O) groups is 1. The van der Waals surface area contributed by atoms with Gasteiger partial charge in [0.15, 0.2) is 9.84 Å². The summed E-state index contributed by atoms with van der Waals surface area (Å²) in [5, 5.41) is 7.50. The van der Waals surface area contributed by atoms with Crippen LogP contribution < -0.4 is 10.6 Å². The Morgan fingerprint density at radius 3 is 2.62 bits per heavy atom. The number of nitrogens with zero attached hydrogens (tertiary/aromatic N) is 3. The van der Waals surface area contributed by atoms with E-state index in [1.165, 1.54) is 30.6 Å². The van der Waals surface area contributed by atoms with E-state index in [9.17, 15) is 13.2 Å². The molecule has 0 saturated heterocycles. The molecular formula is C25H30FN5O4S2. The van der Waals surface area contributed by atoms with Gasteiger partial charge in [0.1, 0.15) is 5.82 Å². The average Bonchev–Trinajstić information content (AvgIpc) is 3.27. The topological polar surface area (TPSA) is 123 Å². The van der Waals surface area contributed by atoms with Gasteiger partial charge in [-0.1, -0.05) is 32.9 Å². The lowest BCUT2D eigenvalue weighted by Gasteiger charge is -2.14. The fraction of sp³-hybridized carbons (Fsp3) is 0.360. The van der Waals surface area contributed by atoms with E-state index in [-0.39, 0.29) is 22.6 Å². The number of amides is 1. The third kappa shape index (κ3) is 7.56. The lowest BCUT2D eigenvalue weighted by Crippen LogP contribution is -2.37. The third-order valence-corrected chi connectivity index (χ3v) is 7.19. The average molecular weight is 548 g/mol. The number of halogens is 1. The highest BCUT2D eigenvalue weighted by molar-refractivity contribution is 7.93. The number of hydrogen-bond acceptors (Lipinski definition) is 9. The minimum atomic E-state index is -3.42. The number of alkyl carbamates (subject to hydrolysis) is 1. The summed E-state index contributed by atoms with van der Waals surface area (Å²) in [4.78, 5) is 25.7. The number of rotatable bonds is 8. The number of sulfone groups is 1. The monoisotopic (exact) mass is 547 g/mol. The molecule has 0 aliphatic carbocycles. The highest BCUT2D eigenvalue weighted by Gasteiger charge is 2.26. The van der Waals surface area contributed by atoms with Crippen LogP contribution in [0.25, 0.3) is 27.9 Å². The number of aromatic nitrogens is 3. The van der Waals surface area contributed by atoms with Crippen LogP contribution in [-0.4, -0.2) is 55.4 Å². The van der Waals surface area contributed by atoms with Gasteiger partial charge in [0.05, 0.1) is 28.4 Å². The number of methoxy groups -OCH3 is 1. The molecule has 0 aliphatic rings. The Labute approximate surface area is 220 Å². The molecule has 1 atom stereocenters. The van der Waals surface area contributed by atoms with Gasteiger partial charge in [-0.25, -0.2) is 32.6 Å². The van der Waals surface area contributed by atoms with Gasteiger partial charge in [0.25, 0.3) is 0 Å². The van der Waals surface area contributed by atoms with Crippen molar-refractivity contribution in [3.63, 3.8) is 0 Å². The maximum atomic E-state index is 15.6. The van der Waals surface area contributed by atoms with Crippen LogP contribution in [0.1, 0.15) is 38.3 Å². The van der Waals surface area contributed by atoms with Gasteiger partial charge < -0.3 is 15.4 Å². The second kappa shape index (κ2) is 11.3. The zero-order valence-corrected chi connectivity index (χ0v) is 23.1. The van der Waals surface area contributed by atoms with Crippen LogP contribution >= 0.6 is 11.3 Å². The first-order chi connectivity index (χ1) is 17.3. The van der Waals surface area contributed by atoms with Gasteiger partial charge >= 0.3 is 6.09 Å². The number of nitrogens with one attached hydrogen (secondary N) is 2. The van der Waals surface area contributed by atoms with Crippen LogP contribution in [0.15, 0.2) is 35.9 Å². The Hall–Kier alpha value is -3.38. The molecule has 2 heterocycles. The van der Waals surface area contributed by atoms with Gasteiger partial charge in [-0.2, -0.15) is 0 Å². The quantitative estimate of drug-likeness (QED) is 0.409. The standard InChI is InChI=1S/C25H30FN5O4S2/c1-15(29-24(32)35-5)14-28-23-27-12-10-18(30-23)21-20(31-22(36-21)25(2,3)4)17-9-7-8-16(19(17)26)11-13-37(6,33)34/h7-13,15H,14H2,1-6H3,(H,29,32)(H,27,28,30)/b13-11-/t15-/m0/s1. The Morgan fingerprint density at radius 2 is 1.97 bits per heavy atom. The number of anilines is 1. The first-order valence-corrected chi connectivity index (χ1v) is 14.2. The number of carbonyl (C=O) groups excluding carboxylic acids is 1. The molecular weight excluding hydrogens is 517 g/mol. The van der Waals surface area contributed by atoms with Crippen LogP contribution in [-0.2, 0) is 20.0 Å². The van der Waals surface area contributed by atoms with E-state index < -0.39 is 21.7 Å². The van der Waals surface area contributed by atoms with E-state index in [0.29, 0.717) is 28.8 Å². The van der Waals surface area contributed by atoms with Crippen molar-refractivity contribution < 1.29 is 22.3 Å². The van der Waals surface area contributed by atoms with Crippen molar-refractivity contribution in [1.29, 1.82) is 0 Å². The van der Waals surface area contributed by atoms with Gasteiger partial charge in [-0.05, 0) is 25.1 Å². The van der Waals surface area contributed by atoms with Crippen LogP contribution in [0.3, 0.4) is 0 Å². The first-order valence-electron chi connectivity index (χ1n) is 11.4. The molecule has 12 heteroatoms. The largest absolute Gasteiger partial charge is 0.453 e. The number of thiazole rings is 1. The Bertz CT molecular complexity index is 1410. The zero-order chi connectivity index (χ0) is 27.4. The van der Waals surface area contributed by atoms with Crippen molar-refractivity contribution in [3.05, 3.63) is 52.3 Å². The summed E-state index contributed by atoms with van der Waals surface area (Å²) < 4.78 is 43.3. The van der Waals surface area contributed by atoms with Gasteiger partial charge in [0.2, 0.25) is 5.95 Å². The molecule has 3 aromatic rings. The lowest BCUT2D eigenvalue weighted by atomic mass is 9.98. The van der Waals surface area contributed by atoms with Crippen LogP contribution in [0.4, 0.5) is 15.1 Å². The predicted molar refractivity (Wildman–Crippen MR) is 145 cm³/mol. The number of hydrogen-bond donors (Lipinski definition) is 2. The maximum absolute atomic E-state index is 15.6. The van der Waals surface area contributed by atoms with Crippen LogP contribution in [0.5, 0.6) is 0 Å². The summed E-state index contributed by atoms with van der Waals surface area (Å²) in [6.45, 7) is 8.21. The Kier molecular flexibility index (Phi) is 8.64. The number of ether oxygens (including phenoxy) is 1. The first kappa shape index (κ1) is 28.2. The molecule has 0 aliphatic heterocycles. The van der Waals surface area contributed by atoms with Gasteiger partial charge in [0, 0.05) is 47.0 Å². The fourth-order valence-electron chi connectivity index (χ4n) is 3.18. The van der Waals surface area contributed by atoms with E-state index >= 15 is 4.39 Å². The van der Waals surface area contributed by atoms with Gasteiger partial charge in [-0.15, -0.1) is 11.3 Å². The molecule has 1 amide bonds. The molecule has 0 fully saturated rings. The second-order valence-electron chi connectivity index (χ2n) is 9.47. The molecule has 198 valence electrons. The number of benzene rings is 1. The Morgan fingerprint density at radius 1 is 1.24 bits per heavy atom. The molecule has 3 rings (SSSR count). The van der Waals surface area contributed by atoms with E-state index in [1.54, 1.807) is 31.3 Å². The fourth-order valence-corrected chi connectivity index (χ4v) is 4.68. The molecule has 37 heavy (non-hydrogen) atoms. The lowest BCUT2D eigenvalue weighted by molar-refractivity contribution is 0.168. The van der Waals surface area contributed by atoms with Crippen LogP contribution in [0.2, 0.25) is 0 Å². The minimum absolute atomic E-state index is 0.135. The van der Waals surface area contributed by atoms with Crippen molar-refractivity contribution in [2.75, 3.05) is 25.2 Å². The molecule has 2 aromatic heterocycles. The van der Waals surface area contributed by atoms with E-state index in [1.807, 2.05) is 20.8 Å². The minimum Gasteiger partial charge on any atom is -0.453 e. The summed E-state index contributed by atoms with van der Waals surface area (Å²) in [7, 11) is -2.13. The Balaban J connectivity index is 2.03. The summed E-state index contributed by atoms with van der Waals surface area (Å²) in [6.07, 6.45) is 3.34. The maximum Gasteiger partial charge on any atom is 0.407 e. The third-order valence-electron chi connectivity index (χ3n) is 5.05. The zero-order valence-electron chi connectivity index (χ0n) is 21.5. The molecule has 0 unspecified atom stereocenters. The summed E-state index contributed by atoms with van der Waals surface area (Å²) in [5.74, 6) is -0.248. The molecule has 0 spiro atoms. The highest BCUT2D eigenvalue weighted by Crippen LogP contribution is 2.41. The van der Waals surface area contributed by atoms with Gasteiger partial charge in [-0.3, -0.25) is 0 Å². The predicted octanol–water partition coefficient (Wildman–Crippen LogP) is 4.88. The van der Waals surface area contributed by atoms with E-state index in [0.717, 1.165) is 16.7 Å².